The fourth-order valence-corrected chi connectivity index (χ4v) is 3.02. The molecule has 3 heteroatoms. The Morgan fingerprint density at radius 3 is 1.96 bits per heavy atom. The molecule has 1 aliphatic rings. The molecule has 1 aliphatic heterocycles. The molecule has 136 valence electrons. The van der Waals surface area contributed by atoms with Crippen LogP contribution in [0.2, 0.25) is 5.02 Å². The van der Waals surface area contributed by atoms with Gasteiger partial charge >= 0.3 is 0 Å². The van der Waals surface area contributed by atoms with E-state index >= 15 is 0 Å². The minimum atomic E-state index is -0.118. The highest BCUT2D eigenvalue weighted by molar-refractivity contribution is 6.30. The molecule has 2 nitrogen and oxygen atoms in total. The van der Waals surface area contributed by atoms with Gasteiger partial charge in [-0.05, 0) is 34.9 Å². The second-order valence-electron chi connectivity index (χ2n) is 5.90. The van der Waals surface area contributed by atoms with Gasteiger partial charge in [0.15, 0.2) is 0 Å². The van der Waals surface area contributed by atoms with Gasteiger partial charge in [-0.15, -0.1) is 0 Å². The van der Waals surface area contributed by atoms with Crippen LogP contribution in [-0.4, -0.2) is 5.71 Å². The van der Waals surface area contributed by atoms with Crippen molar-refractivity contribution in [3.8, 4) is 0 Å². The summed E-state index contributed by atoms with van der Waals surface area (Å²) >= 11 is 6.04. The quantitative estimate of drug-likeness (QED) is 0.556. The Morgan fingerprint density at radius 1 is 0.741 bits per heavy atom. The van der Waals surface area contributed by atoms with Crippen molar-refractivity contribution in [1.82, 2.24) is 5.32 Å². The van der Waals surface area contributed by atoms with Crippen LogP contribution >= 0.6 is 11.6 Å². The fourth-order valence-electron chi connectivity index (χ4n) is 2.89. The highest BCUT2D eigenvalue weighted by atomic mass is 35.5. The standard InChI is InChI=1S/C22H17ClN2.C2H6/c23-19-13-11-17(12-14-19)21-15-20(16-7-3-1-4-8-16)24-22(25-21)18-9-5-2-6-10-18;1-2/h1-15,22,25H;1-2H3. The minimum Gasteiger partial charge on any atom is -0.360 e. The summed E-state index contributed by atoms with van der Waals surface area (Å²) in [6.45, 7) is 4.00. The number of benzene rings is 3. The van der Waals surface area contributed by atoms with Crippen molar-refractivity contribution in [3.05, 3.63) is 113 Å². The molecule has 0 aliphatic carbocycles. The van der Waals surface area contributed by atoms with E-state index in [1.54, 1.807) is 0 Å². The van der Waals surface area contributed by atoms with Gasteiger partial charge in [0, 0.05) is 10.7 Å². The highest BCUT2D eigenvalue weighted by Crippen LogP contribution is 2.26. The first-order valence-corrected chi connectivity index (χ1v) is 9.60. The summed E-state index contributed by atoms with van der Waals surface area (Å²) in [5.74, 6) is 0. The van der Waals surface area contributed by atoms with E-state index in [0.717, 1.165) is 33.1 Å². The Balaban J connectivity index is 0.00000102. The SMILES string of the molecule is CC.Clc1ccc(C2=CC(c3ccccc3)=NC(c3ccccc3)N2)cc1. The molecule has 3 aromatic carbocycles. The van der Waals surface area contributed by atoms with Gasteiger partial charge in [-0.3, -0.25) is 4.99 Å². The highest BCUT2D eigenvalue weighted by Gasteiger charge is 2.19. The average molecular weight is 375 g/mol. The maximum Gasteiger partial charge on any atom is 0.145 e. The number of nitrogens with zero attached hydrogens (tertiary/aromatic N) is 1. The lowest BCUT2D eigenvalue weighted by Crippen LogP contribution is -2.24. The lowest BCUT2D eigenvalue weighted by molar-refractivity contribution is 0.664. The molecule has 0 spiro atoms. The molecule has 0 radical (unpaired) electrons. The Labute approximate surface area is 166 Å². The first kappa shape index (κ1) is 18.9. The van der Waals surface area contributed by atoms with Crippen LogP contribution in [0.15, 0.2) is 96.0 Å². The van der Waals surface area contributed by atoms with Gasteiger partial charge in [-0.25, -0.2) is 0 Å². The second kappa shape index (κ2) is 9.20. The molecule has 0 amide bonds. The van der Waals surface area contributed by atoms with E-state index in [1.165, 1.54) is 0 Å². The van der Waals surface area contributed by atoms with Gasteiger partial charge in [-0.1, -0.05) is 98.2 Å². The van der Waals surface area contributed by atoms with Gasteiger partial charge in [0.1, 0.15) is 6.17 Å². The van der Waals surface area contributed by atoms with Gasteiger partial charge < -0.3 is 5.32 Å². The summed E-state index contributed by atoms with van der Waals surface area (Å²) in [6, 6.07) is 28.4. The van der Waals surface area contributed by atoms with E-state index in [9.17, 15) is 0 Å². The van der Waals surface area contributed by atoms with Gasteiger partial charge in [0.05, 0.1) is 5.71 Å². The largest absolute Gasteiger partial charge is 0.360 e. The first-order chi connectivity index (χ1) is 13.3. The molecule has 0 saturated carbocycles. The third-order valence-corrected chi connectivity index (χ3v) is 4.43. The Hall–Kier alpha value is -2.84. The van der Waals surface area contributed by atoms with Crippen LogP contribution < -0.4 is 5.32 Å². The lowest BCUT2D eigenvalue weighted by Gasteiger charge is -2.25. The van der Waals surface area contributed by atoms with Crippen molar-refractivity contribution in [2.45, 2.75) is 20.0 Å². The fraction of sp³-hybridized carbons (Fsp3) is 0.125. The monoisotopic (exact) mass is 374 g/mol. The number of rotatable bonds is 3. The van der Waals surface area contributed by atoms with Crippen molar-refractivity contribution >= 4 is 23.0 Å². The summed E-state index contributed by atoms with van der Waals surface area (Å²) in [6.07, 6.45) is 1.98. The molecule has 3 aromatic rings. The van der Waals surface area contributed by atoms with Gasteiger partial charge in [0.2, 0.25) is 0 Å². The van der Waals surface area contributed by atoms with Gasteiger partial charge in [-0.2, -0.15) is 0 Å². The number of halogens is 1. The summed E-state index contributed by atoms with van der Waals surface area (Å²) in [7, 11) is 0. The maximum absolute atomic E-state index is 6.04. The van der Waals surface area contributed by atoms with Crippen LogP contribution in [0.3, 0.4) is 0 Å². The Bertz CT molecular complexity index is 914. The molecule has 0 aromatic heterocycles. The maximum atomic E-state index is 6.04. The topological polar surface area (TPSA) is 24.4 Å². The molecular weight excluding hydrogens is 352 g/mol. The van der Waals surface area contributed by atoms with Gasteiger partial charge in [0.25, 0.3) is 0 Å². The summed E-state index contributed by atoms with van der Waals surface area (Å²) < 4.78 is 0. The van der Waals surface area contributed by atoms with Crippen molar-refractivity contribution < 1.29 is 0 Å². The summed E-state index contributed by atoms with van der Waals surface area (Å²) in [5.41, 5.74) is 5.35. The summed E-state index contributed by atoms with van der Waals surface area (Å²) in [4.78, 5) is 4.92. The van der Waals surface area contributed by atoms with E-state index in [4.69, 9.17) is 16.6 Å². The lowest BCUT2D eigenvalue weighted by atomic mass is 10.0. The zero-order valence-corrected chi connectivity index (χ0v) is 16.3. The summed E-state index contributed by atoms with van der Waals surface area (Å²) in [5, 5.41) is 4.27. The van der Waals surface area contributed by atoms with Crippen LogP contribution in [0.5, 0.6) is 0 Å². The molecule has 27 heavy (non-hydrogen) atoms. The second-order valence-corrected chi connectivity index (χ2v) is 6.34. The molecular formula is C24H23ClN2. The number of hydrogen-bond acceptors (Lipinski definition) is 2. The third kappa shape index (κ3) is 4.66. The number of hydrogen-bond donors (Lipinski definition) is 1. The zero-order chi connectivity index (χ0) is 19.1. The van der Waals surface area contributed by atoms with E-state index < -0.39 is 0 Å². The van der Waals surface area contributed by atoms with Crippen molar-refractivity contribution in [1.29, 1.82) is 0 Å². The number of nitrogens with one attached hydrogen (secondary N) is 1. The predicted molar refractivity (Wildman–Crippen MR) is 116 cm³/mol. The Morgan fingerprint density at radius 2 is 1.33 bits per heavy atom. The van der Waals surface area contributed by atoms with Crippen LogP contribution in [-0.2, 0) is 0 Å². The number of aliphatic imine (C=N–C) groups is 1. The third-order valence-electron chi connectivity index (χ3n) is 4.18. The smallest absolute Gasteiger partial charge is 0.145 e. The predicted octanol–water partition coefficient (Wildman–Crippen LogP) is 6.50. The van der Waals surface area contributed by atoms with Crippen LogP contribution in [0.25, 0.3) is 5.70 Å². The molecule has 1 heterocycles. The van der Waals surface area contributed by atoms with E-state index in [1.807, 2.05) is 74.5 Å². The average Bonchev–Trinajstić information content (AvgIpc) is 2.76. The number of allylic oxidation sites excluding steroid dienone is 1. The van der Waals surface area contributed by atoms with Crippen molar-refractivity contribution in [2.24, 2.45) is 4.99 Å². The van der Waals surface area contributed by atoms with E-state index in [-0.39, 0.29) is 6.17 Å². The van der Waals surface area contributed by atoms with Crippen LogP contribution in [0.1, 0.15) is 36.7 Å². The zero-order valence-electron chi connectivity index (χ0n) is 15.6. The molecule has 0 bridgehead atoms. The molecule has 1 unspecified atom stereocenters. The molecule has 1 atom stereocenters. The van der Waals surface area contributed by atoms with Crippen LogP contribution in [0.4, 0.5) is 0 Å². The molecule has 0 fully saturated rings. The van der Waals surface area contributed by atoms with Crippen molar-refractivity contribution in [3.63, 3.8) is 0 Å². The molecule has 0 saturated heterocycles. The van der Waals surface area contributed by atoms with Crippen LogP contribution in [0, 0.1) is 0 Å². The Kier molecular flexibility index (Phi) is 6.45. The van der Waals surface area contributed by atoms with E-state index in [2.05, 4.69) is 35.7 Å². The normalized spacial score (nSPS) is 15.6. The molecule has 1 N–H and O–H groups in total. The molecule has 4 rings (SSSR count). The minimum absolute atomic E-state index is 0.118. The van der Waals surface area contributed by atoms with Crippen molar-refractivity contribution in [2.75, 3.05) is 0 Å². The van der Waals surface area contributed by atoms with E-state index in [0.29, 0.717) is 0 Å². The first-order valence-electron chi connectivity index (χ1n) is 9.22.